The zero-order chi connectivity index (χ0) is 16.0. The van der Waals surface area contributed by atoms with Crippen molar-refractivity contribution in [2.45, 2.75) is 33.2 Å². The van der Waals surface area contributed by atoms with Crippen LogP contribution >= 0.6 is 0 Å². The molecule has 0 saturated carbocycles. The molecule has 21 heavy (non-hydrogen) atoms. The van der Waals surface area contributed by atoms with E-state index in [2.05, 4.69) is 36.2 Å². The largest absolute Gasteiger partial charge is 0.464 e. The van der Waals surface area contributed by atoms with E-state index in [9.17, 15) is 4.79 Å². The van der Waals surface area contributed by atoms with E-state index in [1.54, 1.807) is 0 Å². The second kappa shape index (κ2) is 7.57. The highest BCUT2D eigenvalue weighted by atomic mass is 16.5. The number of hydrogen-bond acceptors (Lipinski definition) is 4. The molecule has 0 amide bonds. The van der Waals surface area contributed by atoms with Gasteiger partial charge < -0.3 is 9.64 Å². The third-order valence-electron chi connectivity index (χ3n) is 3.81. The molecule has 4 nitrogen and oxygen atoms in total. The molecule has 1 aromatic rings. The van der Waals surface area contributed by atoms with Crippen LogP contribution < -0.4 is 5.32 Å². The number of carbonyl (C=O) groups excluding carboxylic acids is 1. The molecular weight excluding hydrogens is 264 g/mol. The van der Waals surface area contributed by atoms with Gasteiger partial charge in [-0.05, 0) is 58.5 Å². The molecule has 0 aliphatic rings. The van der Waals surface area contributed by atoms with Crippen molar-refractivity contribution >= 4 is 5.97 Å². The SMILES string of the molecule is CCOC(=O)C(C)(NCCN(C)C)c1ccc(C)c(C)c1. The van der Waals surface area contributed by atoms with Crippen molar-refractivity contribution in [3.63, 3.8) is 0 Å². The third-order valence-corrected chi connectivity index (χ3v) is 3.81. The van der Waals surface area contributed by atoms with Crippen LogP contribution in [0.4, 0.5) is 0 Å². The highest BCUT2D eigenvalue weighted by Crippen LogP contribution is 2.24. The summed E-state index contributed by atoms with van der Waals surface area (Å²) in [6, 6.07) is 6.12. The number of carbonyl (C=O) groups is 1. The lowest BCUT2D eigenvalue weighted by Crippen LogP contribution is -2.49. The predicted octanol–water partition coefficient (Wildman–Crippen LogP) is 2.23. The molecule has 1 unspecified atom stereocenters. The molecule has 0 heterocycles. The van der Waals surface area contributed by atoms with Crippen LogP contribution in [0.5, 0.6) is 0 Å². The minimum atomic E-state index is -0.815. The smallest absolute Gasteiger partial charge is 0.330 e. The fourth-order valence-electron chi connectivity index (χ4n) is 2.15. The molecule has 0 aliphatic heterocycles. The molecule has 4 heteroatoms. The average molecular weight is 292 g/mol. The summed E-state index contributed by atoms with van der Waals surface area (Å²) < 4.78 is 5.27. The second-order valence-electron chi connectivity index (χ2n) is 5.87. The van der Waals surface area contributed by atoms with E-state index in [4.69, 9.17) is 4.74 Å². The number of aryl methyl sites for hydroxylation is 2. The van der Waals surface area contributed by atoms with E-state index >= 15 is 0 Å². The van der Waals surface area contributed by atoms with Gasteiger partial charge in [0.05, 0.1) is 6.61 Å². The first-order valence-corrected chi connectivity index (χ1v) is 7.46. The van der Waals surface area contributed by atoms with Gasteiger partial charge in [-0.25, -0.2) is 4.79 Å². The Morgan fingerprint density at radius 3 is 2.48 bits per heavy atom. The Hall–Kier alpha value is -1.39. The molecule has 0 radical (unpaired) electrons. The Labute approximate surface area is 128 Å². The zero-order valence-electron chi connectivity index (χ0n) is 14.1. The van der Waals surface area contributed by atoms with E-state index in [0.717, 1.165) is 18.7 Å². The van der Waals surface area contributed by atoms with Gasteiger partial charge in [0.15, 0.2) is 0 Å². The van der Waals surface area contributed by atoms with Crippen molar-refractivity contribution in [1.29, 1.82) is 0 Å². The maximum Gasteiger partial charge on any atom is 0.330 e. The van der Waals surface area contributed by atoms with Crippen molar-refractivity contribution in [1.82, 2.24) is 10.2 Å². The Morgan fingerprint density at radius 1 is 1.29 bits per heavy atom. The molecule has 1 atom stereocenters. The van der Waals surface area contributed by atoms with Crippen molar-refractivity contribution < 1.29 is 9.53 Å². The van der Waals surface area contributed by atoms with Gasteiger partial charge in [-0.1, -0.05) is 18.2 Å². The van der Waals surface area contributed by atoms with Crippen LogP contribution in [0.15, 0.2) is 18.2 Å². The number of nitrogens with zero attached hydrogens (tertiary/aromatic N) is 1. The van der Waals surface area contributed by atoms with E-state index in [-0.39, 0.29) is 5.97 Å². The molecule has 1 aromatic carbocycles. The minimum absolute atomic E-state index is 0.230. The monoisotopic (exact) mass is 292 g/mol. The molecule has 0 aromatic heterocycles. The highest BCUT2D eigenvalue weighted by Gasteiger charge is 2.36. The maximum absolute atomic E-state index is 12.4. The molecule has 1 N–H and O–H groups in total. The maximum atomic E-state index is 12.4. The topological polar surface area (TPSA) is 41.6 Å². The van der Waals surface area contributed by atoms with Gasteiger partial charge in [0.2, 0.25) is 0 Å². The molecule has 0 saturated heterocycles. The summed E-state index contributed by atoms with van der Waals surface area (Å²) in [5, 5.41) is 3.36. The zero-order valence-corrected chi connectivity index (χ0v) is 14.1. The van der Waals surface area contributed by atoms with E-state index in [1.807, 2.05) is 34.0 Å². The summed E-state index contributed by atoms with van der Waals surface area (Å²) in [4.78, 5) is 14.5. The number of ether oxygens (including phenoxy) is 1. The Balaban J connectivity index is 3.04. The molecule has 118 valence electrons. The minimum Gasteiger partial charge on any atom is -0.464 e. The van der Waals surface area contributed by atoms with Gasteiger partial charge in [-0.15, -0.1) is 0 Å². The number of rotatable bonds is 7. The molecule has 0 aliphatic carbocycles. The summed E-state index contributed by atoms with van der Waals surface area (Å²) in [5.74, 6) is -0.230. The summed E-state index contributed by atoms with van der Waals surface area (Å²) in [6.45, 7) is 9.82. The number of esters is 1. The number of benzene rings is 1. The van der Waals surface area contributed by atoms with Gasteiger partial charge in [0, 0.05) is 13.1 Å². The van der Waals surface area contributed by atoms with Crippen LogP contribution in [0.1, 0.15) is 30.5 Å². The first-order chi connectivity index (χ1) is 9.81. The van der Waals surface area contributed by atoms with Crippen LogP contribution in [0.2, 0.25) is 0 Å². The first kappa shape index (κ1) is 17.7. The third kappa shape index (κ3) is 4.55. The van der Waals surface area contributed by atoms with Crippen LogP contribution in [-0.2, 0) is 15.1 Å². The van der Waals surface area contributed by atoms with Gasteiger partial charge >= 0.3 is 5.97 Å². The number of nitrogens with one attached hydrogen (secondary N) is 1. The van der Waals surface area contributed by atoms with Gasteiger partial charge in [0.1, 0.15) is 5.54 Å². The van der Waals surface area contributed by atoms with Crippen molar-refractivity contribution in [3.8, 4) is 0 Å². The second-order valence-corrected chi connectivity index (χ2v) is 5.87. The Morgan fingerprint density at radius 2 is 1.95 bits per heavy atom. The first-order valence-electron chi connectivity index (χ1n) is 7.46. The molecule has 1 rings (SSSR count). The van der Waals surface area contributed by atoms with E-state index in [1.165, 1.54) is 11.1 Å². The summed E-state index contributed by atoms with van der Waals surface area (Å²) in [5.41, 5.74) is 2.53. The van der Waals surface area contributed by atoms with E-state index < -0.39 is 5.54 Å². The lowest BCUT2D eigenvalue weighted by atomic mass is 9.89. The van der Waals surface area contributed by atoms with Gasteiger partial charge in [-0.3, -0.25) is 5.32 Å². The Bertz CT molecular complexity index is 486. The Kier molecular flexibility index (Phi) is 6.37. The fourth-order valence-corrected chi connectivity index (χ4v) is 2.15. The van der Waals surface area contributed by atoms with Crippen molar-refractivity contribution in [3.05, 3.63) is 34.9 Å². The van der Waals surface area contributed by atoms with Crippen molar-refractivity contribution in [2.24, 2.45) is 0 Å². The summed E-state index contributed by atoms with van der Waals surface area (Å²) >= 11 is 0. The molecule has 0 bridgehead atoms. The van der Waals surface area contributed by atoms with Crippen LogP contribution in [0.3, 0.4) is 0 Å². The summed E-state index contributed by atoms with van der Waals surface area (Å²) in [6.07, 6.45) is 0. The quantitative estimate of drug-likeness (QED) is 0.783. The lowest BCUT2D eigenvalue weighted by Gasteiger charge is -2.30. The fraction of sp³-hybridized carbons (Fsp3) is 0.588. The van der Waals surface area contributed by atoms with E-state index in [0.29, 0.717) is 6.61 Å². The average Bonchev–Trinajstić information content (AvgIpc) is 2.41. The molecular formula is C17H28N2O2. The highest BCUT2D eigenvalue weighted by molar-refractivity contribution is 5.82. The van der Waals surface area contributed by atoms with Gasteiger partial charge in [0.25, 0.3) is 0 Å². The van der Waals surface area contributed by atoms with Crippen LogP contribution in [-0.4, -0.2) is 44.7 Å². The predicted molar refractivity (Wildman–Crippen MR) is 86.5 cm³/mol. The van der Waals surface area contributed by atoms with Crippen LogP contribution in [0, 0.1) is 13.8 Å². The summed E-state index contributed by atoms with van der Waals surface area (Å²) in [7, 11) is 4.03. The normalized spacial score (nSPS) is 14.0. The number of likely N-dealkylation sites (N-methyl/N-ethyl adjacent to an activating group) is 1. The van der Waals surface area contributed by atoms with Crippen LogP contribution in [0.25, 0.3) is 0 Å². The standard InChI is InChI=1S/C17H28N2O2/c1-7-21-16(20)17(4,18-10-11-19(5)6)15-9-8-13(2)14(3)12-15/h8-9,12,18H,7,10-11H2,1-6H3. The molecule has 0 fully saturated rings. The lowest BCUT2D eigenvalue weighted by molar-refractivity contribution is -0.151. The van der Waals surface area contributed by atoms with Crippen molar-refractivity contribution in [2.75, 3.05) is 33.8 Å². The van der Waals surface area contributed by atoms with Gasteiger partial charge in [-0.2, -0.15) is 0 Å². The number of hydrogen-bond donors (Lipinski definition) is 1. The molecule has 0 spiro atoms.